The zero-order chi connectivity index (χ0) is 29.1. The van der Waals surface area contributed by atoms with Crippen LogP contribution in [0.5, 0.6) is 5.75 Å². The van der Waals surface area contributed by atoms with E-state index in [0.717, 1.165) is 74.5 Å². The summed E-state index contributed by atoms with van der Waals surface area (Å²) in [7, 11) is -1.98. The van der Waals surface area contributed by atoms with Crippen LogP contribution < -0.4 is 14.4 Å². The molecule has 1 unspecified atom stereocenters. The van der Waals surface area contributed by atoms with Gasteiger partial charge < -0.3 is 14.4 Å². The van der Waals surface area contributed by atoms with E-state index in [0.29, 0.717) is 30.4 Å². The number of halogens is 1. The minimum absolute atomic E-state index is 0.0120. The monoisotopic (exact) mass is 610 g/mol. The van der Waals surface area contributed by atoms with Crippen molar-refractivity contribution < 1.29 is 22.7 Å². The summed E-state index contributed by atoms with van der Waals surface area (Å²) in [4.78, 5) is 15.7. The van der Waals surface area contributed by atoms with Gasteiger partial charge in [0.15, 0.2) is 0 Å². The van der Waals surface area contributed by atoms with E-state index < -0.39 is 15.9 Å². The van der Waals surface area contributed by atoms with Crippen molar-refractivity contribution in [1.82, 2.24) is 4.72 Å². The van der Waals surface area contributed by atoms with Crippen LogP contribution in [0, 0.1) is 17.8 Å². The Hall–Kier alpha value is -2.55. The van der Waals surface area contributed by atoms with E-state index in [1.54, 1.807) is 6.07 Å². The van der Waals surface area contributed by atoms with E-state index in [-0.39, 0.29) is 23.2 Å². The molecule has 224 valence electrons. The van der Waals surface area contributed by atoms with Gasteiger partial charge in [0.2, 0.25) is 10.0 Å². The minimum atomic E-state index is -3.79. The smallest absolute Gasteiger partial charge is 0.264 e. The van der Waals surface area contributed by atoms with Crippen LogP contribution in [0.2, 0.25) is 5.02 Å². The predicted octanol–water partition coefficient (Wildman–Crippen LogP) is 5.65. The largest absolute Gasteiger partial charge is 0.490 e. The molecule has 42 heavy (non-hydrogen) atoms. The number of anilines is 1. The van der Waals surface area contributed by atoms with Gasteiger partial charge in [-0.15, -0.1) is 0 Å². The summed E-state index contributed by atoms with van der Waals surface area (Å²) in [6, 6.07) is 11.6. The number of methoxy groups -OCH3 is 1. The lowest BCUT2D eigenvalue weighted by molar-refractivity contribution is 0.00323. The van der Waals surface area contributed by atoms with Crippen LogP contribution in [0.15, 0.2) is 48.0 Å². The Morgan fingerprint density at radius 2 is 2.00 bits per heavy atom. The van der Waals surface area contributed by atoms with E-state index >= 15 is 0 Å². The maximum atomic E-state index is 13.3. The van der Waals surface area contributed by atoms with Crippen molar-refractivity contribution in [3.63, 3.8) is 0 Å². The van der Waals surface area contributed by atoms with Crippen molar-refractivity contribution in [2.24, 2.45) is 17.8 Å². The molecule has 6 aliphatic rings. The Morgan fingerprint density at radius 1 is 1.12 bits per heavy atom. The van der Waals surface area contributed by atoms with Gasteiger partial charge in [0.25, 0.3) is 5.91 Å². The second kappa shape index (κ2) is 10.9. The molecule has 3 aliphatic carbocycles. The molecule has 0 saturated heterocycles. The van der Waals surface area contributed by atoms with E-state index in [1.165, 1.54) is 16.7 Å². The first kappa shape index (κ1) is 28.2. The van der Waals surface area contributed by atoms with Gasteiger partial charge in [0, 0.05) is 36.2 Å². The highest BCUT2D eigenvalue weighted by Crippen LogP contribution is 2.48. The molecule has 8 rings (SSSR count). The van der Waals surface area contributed by atoms with Gasteiger partial charge in [-0.3, -0.25) is 4.79 Å². The molecule has 1 N–H and O–H groups in total. The number of allylic oxidation sites excluding steroid dienone is 1. The average Bonchev–Trinajstić information content (AvgIpc) is 3.10. The number of benzene rings is 2. The molecule has 0 radical (unpaired) electrons. The zero-order valence-corrected chi connectivity index (χ0v) is 25.7. The number of hydrogen-bond donors (Lipinski definition) is 1. The molecule has 2 aromatic carbocycles. The Bertz CT molecular complexity index is 1540. The molecule has 9 heteroatoms. The summed E-state index contributed by atoms with van der Waals surface area (Å²) < 4.78 is 41.2. The molecule has 5 atom stereocenters. The van der Waals surface area contributed by atoms with Gasteiger partial charge in [-0.1, -0.05) is 23.7 Å². The molecule has 3 heterocycles. The predicted molar refractivity (Wildman–Crippen MR) is 164 cm³/mol. The first-order valence-corrected chi connectivity index (χ1v) is 17.3. The quantitative estimate of drug-likeness (QED) is 0.420. The van der Waals surface area contributed by atoms with Crippen LogP contribution in [0.4, 0.5) is 5.69 Å². The van der Waals surface area contributed by atoms with Gasteiger partial charge in [0.1, 0.15) is 5.75 Å². The van der Waals surface area contributed by atoms with Crippen molar-refractivity contribution in [2.75, 3.05) is 37.5 Å². The molecule has 1 saturated carbocycles. The molecular weight excluding hydrogens is 572 g/mol. The summed E-state index contributed by atoms with van der Waals surface area (Å²) in [5, 5.41) is 0.755. The fraction of sp³-hybridized carbons (Fsp3) is 0.545. The highest BCUT2D eigenvalue weighted by atomic mass is 35.5. The minimum Gasteiger partial charge on any atom is -0.490 e. The third-order valence-electron chi connectivity index (χ3n) is 10.5. The summed E-state index contributed by atoms with van der Waals surface area (Å²) >= 11 is 6.41. The fourth-order valence-electron chi connectivity index (χ4n) is 8.23. The topological polar surface area (TPSA) is 84.9 Å². The van der Waals surface area contributed by atoms with Crippen LogP contribution in [0.3, 0.4) is 0 Å². The van der Waals surface area contributed by atoms with Crippen molar-refractivity contribution >= 4 is 33.2 Å². The van der Waals surface area contributed by atoms with Crippen LogP contribution in [0.1, 0.15) is 66.4 Å². The Morgan fingerprint density at radius 3 is 2.76 bits per heavy atom. The lowest BCUT2D eigenvalue weighted by atomic mass is 9.66. The van der Waals surface area contributed by atoms with Crippen LogP contribution >= 0.6 is 11.6 Å². The molecule has 1 fully saturated rings. The summed E-state index contributed by atoms with van der Waals surface area (Å²) in [5.74, 6) is 0.918. The number of aryl methyl sites for hydroxylation is 1. The molecule has 3 aliphatic heterocycles. The first-order chi connectivity index (χ1) is 20.2. The third-order valence-corrected chi connectivity index (χ3v) is 12.1. The molecule has 0 aromatic heterocycles. The number of carbonyl (C=O) groups is 1. The maximum absolute atomic E-state index is 13.3. The molecule has 1 amide bonds. The summed E-state index contributed by atoms with van der Waals surface area (Å²) in [6.07, 6.45) is 9.87. The zero-order valence-electron chi connectivity index (χ0n) is 24.1. The number of nitrogens with one attached hydrogen (secondary N) is 1. The highest BCUT2D eigenvalue weighted by Gasteiger charge is 2.45. The fourth-order valence-corrected chi connectivity index (χ4v) is 9.83. The Labute approximate surface area is 253 Å². The number of carbonyl (C=O) groups excluding carboxylic acids is 1. The molecule has 7 nitrogen and oxygen atoms in total. The highest BCUT2D eigenvalue weighted by molar-refractivity contribution is 7.90. The number of amides is 1. The van der Waals surface area contributed by atoms with Crippen molar-refractivity contribution in [3.8, 4) is 5.75 Å². The molecule has 4 bridgehead atoms. The molecule has 1 spiro atoms. The van der Waals surface area contributed by atoms with E-state index in [9.17, 15) is 13.2 Å². The Kier molecular flexibility index (Phi) is 7.30. The van der Waals surface area contributed by atoms with Crippen molar-refractivity contribution in [2.45, 2.75) is 62.9 Å². The van der Waals surface area contributed by atoms with Crippen LogP contribution in [-0.4, -0.2) is 53.0 Å². The number of ether oxygens (including phenoxy) is 2. The van der Waals surface area contributed by atoms with Crippen molar-refractivity contribution in [1.29, 1.82) is 0 Å². The summed E-state index contributed by atoms with van der Waals surface area (Å²) in [5.41, 5.74) is 4.84. The maximum Gasteiger partial charge on any atom is 0.264 e. The second-order valence-corrected chi connectivity index (χ2v) is 15.3. The number of hydrogen-bond acceptors (Lipinski definition) is 6. The average molecular weight is 611 g/mol. The SMILES string of the molecule is CO[C@H]1C2=CCC(CC2)CS(=O)(=O)NC(=O)c2ccc3c(c2)N(C[C@@H]2CC[C@H]21)C[C@@]1(CCCc2cc(Cl)ccc21)CO3. The van der Waals surface area contributed by atoms with Gasteiger partial charge in [-0.25, -0.2) is 13.1 Å². The molecular formula is C33H39ClN2O5S. The van der Waals surface area contributed by atoms with E-state index in [2.05, 4.69) is 27.8 Å². The van der Waals surface area contributed by atoms with Gasteiger partial charge in [0.05, 0.1) is 24.2 Å². The van der Waals surface area contributed by atoms with E-state index in [4.69, 9.17) is 21.1 Å². The number of sulfonamides is 1. The van der Waals surface area contributed by atoms with Crippen LogP contribution in [-0.2, 0) is 26.6 Å². The van der Waals surface area contributed by atoms with E-state index in [1.807, 2.05) is 25.3 Å². The number of rotatable bonds is 1. The standard InChI is InChI=1S/C33H39ClN2O5S/c1-40-31-22-6-4-21(5-7-22)18-42(38,39)35-32(37)24-9-13-30-29(16-24)36(17-25-8-11-27(25)31)19-33(20-41-30)14-2-3-23-15-26(34)10-12-28(23)33/h6,9-10,12-13,15-16,21,25,27,31H,2-5,7-8,11,14,17-20H2,1H3,(H,35,37)/t21?,25-,27+,31-,33-/m0/s1. The van der Waals surface area contributed by atoms with Crippen LogP contribution in [0.25, 0.3) is 0 Å². The Balaban J connectivity index is 1.31. The second-order valence-electron chi connectivity index (χ2n) is 13.1. The third kappa shape index (κ3) is 5.13. The van der Waals surface area contributed by atoms with Gasteiger partial charge in [-0.2, -0.15) is 0 Å². The summed E-state index contributed by atoms with van der Waals surface area (Å²) in [6.45, 7) is 2.11. The van der Waals surface area contributed by atoms with Gasteiger partial charge >= 0.3 is 0 Å². The normalized spacial score (nSPS) is 32.0. The first-order valence-electron chi connectivity index (χ1n) is 15.3. The lowest BCUT2D eigenvalue weighted by Crippen LogP contribution is -2.50. The van der Waals surface area contributed by atoms with Crippen molar-refractivity contribution in [3.05, 3.63) is 69.8 Å². The molecule has 2 aromatic rings. The van der Waals surface area contributed by atoms with Gasteiger partial charge in [-0.05, 0) is 116 Å². The lowest BCUT2D eigenvalue weighted by Gasteiger charge is -2.47. The number of nitrogens with zero attached hydrogens (tertiary/aromatic N) is 1. The number of fused-ring (bicyclic) bond motifs is 7.